The van der Waals surface area contributed by atoms with Gasteiger partial charge in [-0.15, -0.1) is 0 Å². The number of hydrogen-bond donors (Lipinski definition) is 2. The molecule has 0 saturated carbocycles. The molecule has 2 N–H and O–H groups in total. The van der Waals surface area contributed by atoms with Crippen molar-refractivity contribution >= 4 is 28.9 Å². The molecule has 35 heavy (non-hydrogen) atoms. The standard InChI is InChI=1S/C23H23FN6O5/c24-19-5-4-16(14-21(19)26-22(31)7-8-28-10-12-35-13-11-28)25-23(32)20-6-9-29(27-20)17-2-1-3-18(15-17)30(33)34/h1-6,9,14-15H,7-8,10-13H2,(H,25,32)(H,26,31). The molecule has 1 fully saturated rings. The number of amides is 2. The lowest BCUT2D eigenvalue weighted by Crippen LogP contribution is -2.38. The molecule has 0 radical (unpaired) electrons. The summed E-state index contributed by atoms with van der Waals surface area (Å²) < 4.78 is 20.9. The second-order valence-electron chi connectivity index (χ2n) is 7.82. The number of halogens is 1. The van der Waals surface area contributed by atoms with Crippen molar-refractivity contribution in [1.82, 2.24) is 14.7 Å². The summed E-state index contributed by atoms with van der Waals surface area (Å²) in [6.07, 6.45) is 1.70. The van der Waals surface area contributed by atoms with Gasteiger partial charge in [-0.2, -0.15) is 5.10 Å². The van der Waals surface area contributed by atoms with Crippen molar-refractivity contribution in [3.8, 4) is 5.69 Å². The maximum atomic E-state index is 14.2. The minimum atomic E-state index is -0.627. The molecule has 2 heterocycles. The number of nitro groups is 1. The summed E-state index contributed by atoms with van der Waals surface area (Å²) in [7, 11) is 0. The van der Waals surface area contributed by atoms with Crippen molar-refractivity contribution < 1.29 is 23.6 Å². The fourth-order valence-electron chi connectivity index (χ4n) is 3.53. The number of carbonyl (C=O) groups is 2. The minimum Gasteiger partial charge on any atom is -0.379 e. The van der Waals surface area contributed by atoms with E-state index in [1.807, 2.05) is 0 Å². The molecule has 12 heteroatoms. The number of aromatic nitrogens is 2. The Morgan fingerprint density at radius 3 is 2.69 bits per heavy atom. The van der Waals surface area contributed by atoms with Gasteiger partial charge < -0.3 is 15.4 Å². The number of ether oxygens (including phenoxy) is 1. The number of non-ortho nitro benzene ring substituents is 1. The van der Waals surface area contributed by atoms with Crippen molar-refractivity contribution in [3.05, 3.63) is 76.4 Å². The third kappa shape index (κ3) is 6.25. The van der Waals surface area contributed by atoms with Gasteiger partial charge in [0, 0.05) is 50.1 Å². The van der Waals surface area contributed by atoms with E-state index in [-0.39, 0.29) is 35.1 Å². The lowest BCUT2D eigenvalue weighted by atomic mass is 10.2. The molecule has 0 spiro atoms. The highest BCUT2D eigenvalue weighted by Crippen LogP contribution is 2.21. The number of benzene rings is 2. The predicted molar refractivity (Wildman–Crippen MR) is 125 cm³/mol. The highest BCUT2D eigenvalue weighted by molar-refractivity contribution is 6.03. The number of anilines is 2. The van der Waals surface area contributed by atoms with Gasteiger partial charge in [0.15, 0.2) is 5.69 Å². The van der Waals surface area contributed by atoms with Crippen LogP contribution in [0, 0.1) is 15.9 Å². The van der Waals surface area contributed by atoms with Crippen molar-refractivity contribution in [3.63, 3.8) is 0 Å². The molecule has 1 aliphatic heterocycles. The van der Waals surface area contributed by atoms with Gasteiger partial charge in [-0.05, 0) is 30.3 Å². The van der Waals surface area contributed by atoms with Gasteiger partial charge in [0.05, 0.1) is 29.5 Å². The van der Waals surface area contributed by atoms with E-state index < -0.39 is 16.6 Å². The SMILES string of the molecule is O=C(CCN1CCOCC1)Nc1cc(NC(=O)c2ccn(-c3cccc([N+](=O)[O-])c3)n2)ccc1F. The highest BCUT2D eigenvalue weighted by atomic mass is 19.1. The summed E-state index contributed by atoms with van der Waals surface area (Å²) in [6.45, 7) is 3.30. The van der Waals surface area contributed by atoms with Gasteiger partial charge >= 0.3 is 0 Å². The Kier molecular flexibility index (Phi) is 7.43. The van der Waals surface area contributed by atoms with Gasteiger partial charge in [-0.3, -0.25) is 24.6 Å². The zero-order chi connectivity index (χ0) is 24.8. The number of hydrogen-bond acceptors (Lipinski definition) is 7. The highest BCUT2D eigenvalue weighted by Gasteiger charge is 2.16. The van der Waals surface area contributed by atoms with Gasteiger partial charge in [-0.1, -0.05) is 6.07 Å². The van der Waals surface area contributed by atoms with E-state index in [1.54, 1.807) is 6.07 Å². The second kappa shape index (κ2) is 10.8. The zero-order valence-electron chi connectivity index (χ0n) is 18.6. The monoisotopic (exact) mass is 482 g/mol. The Balaban J connectivity index is 1.38. The van der Waals surface area contributed by atoms with Crippen molar-refractivity contribution in [2.45, 2.75) is 6.42 Å². The van der Waals surface area contributed by atoms with Crippen LogP contribution >= 0.6 is 0 Å². The van der Waals surface area contributed by atoms with E-state index in [2.05, 4.69) is 20.6 Å². The van der Waals surface area contributed by atoms with Crippen molar-refractivity contribution in [2.24, 2.45) is 0 Å². The van der Waals surface area contributed by atoms with Crippen LogP contribution in [0.3, 0.4) is 0 Å². The Bertz CT molecular complexity index is 1240. The number of carbonyl (C=O) groups excluding carboxylic acids is 2. The van der Waals surface area contributed by atoms with Gasteiger partial charge in [0.25, 0.3) is 11.6 Å². The largest absolute Gasteiger partial charge is 0.379 e. The van der Waals surface area contributed by atoms with Crippen LogP contribution < -0.4 is 10.6 Å². The maximum absolute atomic E-state index is 14.2. The number of nitro benzene ring substituents is 1. The Hall–Kier alpha value is -4.16. The average molecular weight is 482 g/mol. The lowest BCUT2D eigenvalue weighted by molar-refractivity contribution is -0.384. The fraction of sp³-hybridized carbons (Fsp3) is 0.261. The summed E-state index contributed by atoms with van der Waals surface area (Å²) in [5.41, 5.74) is 0.593. The summed E-state index contributed by atoms with van der Waals surface area (Å²) in [5.74, 6) is -1.53. The molecule has 2 aromatic carbocycles. The van der Waals surface area contributed by atoms with Crippen LogP contribution in [0.5, 0.6) is 0 Å². The van der Waals surface area contributed by atoms with Crippen LogP contribution in [0.1, 0.15) is 16.9 Å². The fourth-order valence-corrected chi connectivity index (χ4v) is 3.53. The molecular formula is C23H23FN6O5. The average Bonchev–Trinajstić information content (AvgIpc) is 3.36. The first-order chi connectivity index (χ1) is 16.9. The Morgan fingerprint density at radius 2 is 1.91 bits per heavy atom. The quantitative estimate of drug-likeness (QED) is 0.373. The van der Waals surface area contributed by atoms with E-state index in [4.69, 9.17) is 4.74 Å². The van der Waals surface area contributed by atoms with E-state index in [0.29, 0.717) is 25.4 Å². The first-order valence-corrected chi connectivity index (χ1v) is 10.9. The molecule has 1 aromatic heterocycles. The van der Waals surface area contributed by atoms with Crippen LogP contribution in [-0.2, 0) is 9.53 Å². The second-order valence-corrected chi connectivity index (χ2v) is 7.82. The number of nitrogens with one attached hydrogen (secondary N) is 2. The Morgan fingerprint density at radius 1 is 1.11 bits per heavy atom. The van der Waals surface area contributed by atoms with Crippen LogP contribution in [0.2, 0.25) is 0 Å². The van der Waals surface area contributed by atoms with E-state index in [9.17, 15) is 24.1 Å². The lowest BCUT2D eigenvalue weighted by Gasteiger charge is -2.26. The molecule has 1 aliphatic rings. The summed E-state index contributed by atoms with van der Waals surface area (Å²) in [4.78, 5) is 37.5. The summed E-state index contributed by atoms with van der Waals surface area (Å²) in [5, 5.41) is 20.3. The van der Waals surface area contributed by atoms with E-state index >= 15 is 0 Å². The molecule has 0 atom stereocenters. The third-order valence-electron chi connectivity index (χ3n) is 5.38. The van der Waals surface area contributed by atoms with Crippen molar-refractivity contribution in [2.75, 3.05) is 43.5 Å². The summed E-state index contributed by atoms with van der Waals surface area (Å²) >= 11 is 0. The number of morpholine rings is 1. The molecule has 1 saturated heterocycles. The molecule has 182 valence electrons. The smallest absolute Gasteiger partial charge is 0.276 e. The first kappa shape index (κ1) is 24.0. The first-order valence-electron chi connectivity index (χ1n) is 10.9. The molecule has 2 amide bonds. The predicted octanol–water partition coefficient (Wildman–Crippen LogP) is 2.83. The third-order valence-corrected chi connectivity index (χ3v) is 5.38. The van der Waals surface area contributed by atoms with Crippen LogP contribution in [-0.4, -0.2) is 64.3 Å². The number of rotatable bonds is 8. The molecule has 4 rings (SSSR count). The molecule has 0 aliphatic carbocycles. The Labute approximate surface area is 199 Å². The number of nitrogens with zero attached hydrogens (tertiary/aromatic N) is 4. The van der Waals surface area contributed by atoms with Gasteiger partial charge in [0.2, 0.25) is 5.91 Å². The van der Waals surface area contributed by atoms with E-state index in [1.165, 1.54) is 47.3 Å². The van der Waals surface area contributed by atoms with Gasteiger partial charge in [0.1, 0.15) is 5.82 Å². The topological polar surface area (TPSA) is 132 Å². The van der Waals surface area contributed by atoms with Crippen LogP contribution in [0.15, 0.2) is 54.7 Å². The molecule has 0 bridgehead atoms. The molecular weight excluding hydrogens is 459 g/mol. The molecule has 0 unspecified atom stereocenters. The minimum absolute atomic E-state index is 0.0445. The van der Waals surface area contributed by atoms with Crippen LogP contribution in [0.4, 0.5) is 21.5 Å². The van der Waals surface area contributed by atoms with Gasteiger partial charge in [-0.25, -0.2) is 9.07 Å². The molecule has 11 nitrogen and oxygen atoms in total. The molecule has 3 aromatic rings. The zero-order valence-corrected chi connectivity index (χ0v) is 18.6. The van der Waals surface area contributed by atoms with Crippen molar-refractivity contribution in [1.29, 1.82) is 0 Å². The normalized spacial score (nSPS) is 13.9. The maximum Gasteiger partial charge on any atom is 0.276 e. The van der Waals surface area contributed by atoms with Crippen LogP contribution in [0.25, 0.3) is 5.69 Å². The summed E-state index contributed by atoms with van der Waals surface area (Å²) in [6, 6.07) is 11.1. The van der Waals surface area contributed by atoms with E-state index in [0.717, 1.165) is 19.2 Å².